The van der Waals surface area contributed by atoms with Gasteiger partial charge in [-0.2, -0.15) is 0 Å². The Labute approximate surface area is 130 Å². The van der Waals surface area contributed by atoms with Gasteiger partial charge in [0.1, 0.15) is 5.78 Å². The number of rotatable bonds is 3. The zero-order valence-corrected chi connectivity index (χ0v) is 13.9. The molecule has 0 bridgehead atoms. The average Bonchev–Trinajstić information content (AvgIpc) is 2.20. The summed E-state index contributed by atoms with van der Waals surface area (Å²) in [6, 6.07) is 0. The van der Waals surface area contributed by atoms with Gasteiger partial charge >= 0.3 is 21.7 Å². The van der Waals surface area contributed by atoms with Crippen molar-refractivity contribution in [3.05, 3.63) is 0 Å². The number of aliphatic carboxylic acids is 1. The van der Waals surface area contributed by atoms with Gasteiger partial charge in [-0.1, -0.05) is 27.7 Å². The van der Waals surface area contributed by atoms with Gasteiger partial charge in [0.2, 0.25) is 0 Å². The molecule has 0 saturated carbocycles. The van der Waals surface area contributed by atoms with Gasteiger partial charge in [0.25, 0.3) is 0 Å². The van der Waals surface area contributed by atoms with Crippen molar-refractivity contribution < 1.29 is 51.7 Å². The van der Waals surface area contributed by atoms with Crippen molar-refractivity contribution in [2.24, 2.45) is 5.92 Å². The molecular weight excluding hydrogens is 288 g/mol. The second kappa shape index (κ2) is 30.6. The van der Waals surface area contributed by atoms with Gasteiger partial charge in [0.15, 0.2) is 0 Å². The first-order chi connectivity index (χ1) is 8.33. The van der Waals surface area contributed by atoms with E-state index >= 15 is 0 Å². The molecule has 0 N–H and O–H groups in total. The minimum Gasteiger partial charge on any atom is -0.855 e. The van der Waals surface area contributed by atoms with E-state index in [-0.39, 0.29) is 47.3 Å². The Balaban J connectivity index is -0.0000000548. The maximum atomic E-state index is 10.4. The third-order valence-corrected chi connectivity index (χ3v) is 1.18. The Morgan fingerprint density at radius 2 is 1.11 bits per heavy atom. The van der Waals surface area contributed by atoms with E-state index in [1.807, 2.05) is 0 Å². The van der Waals surface area contributed by atoms with Gasteiger partial charge in [-0.05, 0) is 13.3 Å². The monoisotopic (exact) mass is 312 g/mol. The molecule has 6 nitrogen and oxygen atoms in total. The first-order valence-corrected chi connectivity index (χ1v) is 5.79. The summed E-state index contributed by atoms with van der Waals surface area (Å²) >= 11 is 0. The summed E-state index contributed by atoms with van der Waals surface area (Å²) in [5.41, 5.74) is 0. The number of carboxylic acids is 1. The molecule has 0 radical (unpaired) electrons. The van der Waals surface area contributed by atoms with E-state index in [0.29, 0.717) is 6.42 Å². The standard InChI is InChI=1S/C6H10O3.3C2H5O.Ti/c1-3-5(4(2)7)6(8)9;3*1-2-3;/h5H,3H2,1-2H3,(H,8,9);3*2H2,1H3;/q;3*-1;+4/p-1. The second-order valence-corrected chi connectivity index (χ2v) is 2.76. The molecule has 7 heteroatoms. The summed E-state index contributed by atoms with van der Waals surface area (Å²) in [5.74, 6) is -2.52. The molecule has 0 aliphatic heterocycles. The van der Waals surface area contributed by atoms with Crippen LogP contribution in [0.15, 0.2) is 0 Å². The Bertz CT molecular complexity index is 157. The van der Waals surface area contributed by atoms with Gasteiger partial charge in [0, 0.05) is 0 Å². The summed E-state index contributed by atoms with van der Waals surface area (Å²) in [6.45, 7) is 7.60. The Kier molecular flexibility index (Phi) is 50.3. The van der Waals surface area contributed by atoms with Crippen LogP contribution in [-0.2, 0) is 31.3 Å². The van der Waals surface area contributed by atoms with E-state index in [1.54, 1.807) is 27.7 Å². The topological polar surface area (TPSA) is 126 Å². The van der Waals surface area contributed by atoms with Crippen LogP contribution < -0.4 is 20.4 Å². The van der Waals surface area contributed by atoms with Gasteiger partial charge in [-0.3, -0.25) is 4.79 Å². The summed E-state index contributed by atoms with van der Waals surface area (Å²) < 4.78 is 0. The predicted molar refractivity (Wildman–Crippen MR) is 61.1 cm³/mol. The molecular formula is C12H24O6Ti. The molecule has 0 spiro atoms. The van der Waals surface area contributed by atoms with Crippen molar-refractivity contribution in [1.82, 2.24) is 0 Å². The molecule has 0 heterocycles. The minimum absolute atomic E-state index is 0. The van der Waals surface area contributed by atoms with Crippen molar-refractivity contribution in [3.63, 3.8) is 0 Å². The van der Waals surface area contributed by atoms with Crippen LogP contribution >= 0.6 is 0 Å². The van der Waals surface area contributed by atoms with E-state index in [9.17, 15) is 14.7 Å². The summed E-state index contributed by atoms with van der Waals surface area (Å²) in [5, 5.41) is 36.8. The van der Waals surface area contributed by atoms with E-state index in [4.69, 9.17) is 15.3 Å². The van der Waals surface area contributed by atoms with Crippen LogP contribution in [0, 0.1) is 5.92 Å². The van der Waals surface area contributed by atoms with E-state index in [2.05, 4.69) is 0 Å². The van der Waals surface area contributed by atoms with E-state index < -0.39 is 11.9 Å². The Morgan fingerprint density at radius 3 is 1.11 bits per heavy atom. The average molecular weight is 312 g/mol. The van der Waals surface area contributed by atoms with Gasteiger partial charge in [0.05, 0.1) is 11.9 Å². The number of ketones is 1. The van der Waals surface area contributed by atoms with Crippen LogP contribution in [0.3, 0.4) is 0 Å². The third-order valence-electron chi connectivity index (χ3n) is 1.18. The molecule has 0 fully saturated rings. The molecule has 19 heavy (non-hydrogen) atoms. The molecule has 0 saturated heterocycles. The molecule has 1 atom stereocenters. The first kappa shape index (κ1) is 31.2. The Hall–Kier alpha value is -0.266. The van der Waals surface area contributed by atoms with Gasteiger partial charge in [-0.15, -0.1) is 19.8 Å². The number of carboxylic acid groups (broad SMARTS) is 1. The molecule has 0 aromatic carbocycles. The fourth-order valence-corrected chi connectivity index (χ4v) is 0.620. The largest absolute Gasteiger partial charge is 4.00 e. The number of hydrogen-bond acceptors (Lipinski definition) is 6. The molecule has 112 valence electrons. The summed E-state index contributed by atoms with van der Waals surface area (Å²) in [7, 11) is 0. The predicted octanol–water partition coefficient (Wildman–Crippen LogP) is -2.55. The maximum Gasteiger partial charge on any atom is 4.00 e. The van der Waals surface area contributed by atoms with Gasteiger partial charge < -0.3 is 25.2 Å². The number of carbonyl (C=O) groups excluding carboxylic acids is 2. The maximum absolute atomic E-state index is 10.4. The number of Topliss-reactive ketones (excluding diaryl/α,β-unsaturated/α-hetero) is 1. The van der Waals surface area contributed by atoms with Crippen LogP contribution in [0.2, 0.25) is 0 Å². The number of carbonyl (C=O) groups is 2. The molecule has 0 aliphatic rings. The van der Waals surface area contributed by atoms with Crippen LogP contribution in [0.1, 0.15) is 41.0 Å². The third kappa shape index (κ3) is 46.3. The molecule has 0 rings (SSSR count). The zero-order valence-electron chi connectivity index (χ0n) is 12.4. The van der Waals surface area contributed by atoms with Crippen LogP contribution in [-0.4, -0.2) is 31.6 Å². The first-order valence-electron chi connectivity index (χ1n) is 5.79. The normalized spacial score (nSPS) is 8.84. The molecule has 0 aromatic heterocycles. The molecule has 0 aromatic rings. The smallest absolute Gasteiger partial charge is 0.855 e. The molecule has 1 unspecified atom stereocenters. The van der Waals surface area contributed by atoms with Crippen molar-refractivity contribution in [1.29, 1.82) is 0 Å². The van der Waals surface area contributed by atoms with Crippen molar-refractivity contribution in [2.45, 2.75) is 41.0 Å². The van der Waals surface area contributed by atoms with Crippen LogP contribution in [0.25, 0.3) is 0 Å². The van der Waals surface area contributed by atoms with Crippen LogP contribution in [0.5, 0.6) is 0 Å². The van der Waals surface area contributed by atoms with Crippen molar-refractivity contribution in [2.75, 3.05) is 19.8 Å². The Morgan fingerprint density at radius 1 is 0.895 bits per heavy atom. The van der Waals surface area contributed by atoms with Gasteiger partial charge in [-0.25, -0.2) is 0 Å². The van der Waals surface area contributed by atoms with Crippen molar-refractivity contribution >= 4 is 11.8 Å². The quantitative estimate of drug-likeness (QED) is 0.417. The fraction of sp³-hybridized carbons (Fsp3) is 0.833. The summed E-state index contributed by atoms with van der Waals surface area (Å²) in [6.07, 6.45) is 0.317. The SMILES string of the molecule is CCC(C(C)=O)C(=O)[O-].CC[O-].CC[O-].CC[O-].[Ti+4]. The molecule has 0 amide bonds. The number of hydrogen-bond donors (Lipinski definition) is 0. The zero-order chi connectivity index (χ0) is 15.6. The van der Waals surface area contributed by atoms with E-state index in [0.717, 1.165) is 0 Å². The fourth-order valence-electron chi connectivity index (χ4n) is 0.620. The summed E-state index contributed by atoms with van der Waals surface area (Å²) in [4.78, 5) is 20.4. The van der Waals surface area contributed by atoms with Crippen LogP contribution in [0.4, 0.5) is 0 Å². The molecule has 0 aliphatic carbocycles. The van der Waals surface area contributed by atoms with E-state index in [1.165, 1.54) is 6.92 Å². The second-order valence-electron chi connectivity index (χ2n) is 2.76. The minimum atomic E-state index is -1.27. The van der Waals surface area contributed by atoms with Crippen molar-refractivity contribution in [3.8, 4) is 0 Å².